The molecular formula is C20H30O3. The molecule has 0 heterocycles. The summed E-state index contributed by atoms with van der Waals surface area (Å²) in [6.07, 6.45) is 9.87. The Morgan fingerprint density at radius 1 is 1.35 bits per heavy atom. The maximum Gasteiger partial charge on any atom is 0.146 e. The van der Waals surface area contributed by atoms with Crippen molar-refractivity contribution in [2.75, 3.05) is 0 Å². The number of hydrogen-bond donors (Lipinski definition) is 1. The van der Waals surface area contributed by atoms with E-state index in [1.54, 1.807) is 0 Å². The van der Waals surface area contributed by atoms with E-state index < -0.39 is 17.4 Å². The molecule has 3 nitrogen and oxygen atoms in total. The Hall–Kier alpha value is -1.22. The van der Waals surface area contributed by atoms with Crippen LogP contribution in [0.25, 0.3) is 0 Å². The van der Waals surface area contributed by atoms with Crippen LogP contribution in [0.15, 0.2) is 23.3 Å². The van der Waals surface area contributed by atoms with Crippen molar-refractivity contribution in [1.29, 1.82) is 0 Å². The Balaban J connectivity index is 2.37. The summed E-state index contributed by atoms with van der Waals surface area (Å²) in [5.74, 6) is -0.264. The lowest BCUT2D eigenvalue weighted by Crippen LogP contribution is -2.57. The molecule has 1 fully saturated rings. The average molecular weight is 318 g/mol. The molecule has 128 valence electrons. The second-order valence-electron chi connectivity index (χ2n) is 8.12. The highest BCUT2D eigenvalue weighted by molar-refractivity contribution is 5.82. The molecule has 0 saturated heterocycles. The fourth-order valence-corrected chi connectivity index (χ4v) is 4.97. The first-order valence-corrected chi connectivity index (χ1v) is 8.71. The summed E-state index contributed by atoms with van der Waals surface area (Å²) in [6.45, 7) is 8.52. The van der Waals surface area contributed by atoms with Gasteiger partial charge in [-0.2, -0.15) is 0 Å². The van der Waals surface area contributed by atoms with E-state index in [-0.39, 0.29) is 11.3 Å². The van der Waals surface area contributed by atoms with Gasteiger partial charge >= 0.3 is 0 Å². The lowest BCUT2D eigenvalue weighted by molar-refractivity contribution is -0.147. The van der Waals surface area contributed by atoms with Crippen LogP contribution in [0.4, 0.5) is 0 Å². The molecule has 5 unspecified atom stereocenters. The molecule has 2 aliphatic carbocycles. The summed E-state index contributed by atoms with van der Waals surface area (Å²) in [7, 11) is 0. The predicted molar refractivity (Wildman–Crippen MR) is 91.9 cm³/mol. The first kappa shape index (κ1) is 18.1. The van der Waals surface area contributed by atoms with Crippen molar-refractivity contribution in [2.24, 2.45) is 22.7 Å². The van der Waals surface area contributed by atoms with Crippen molar-refractivity contribution in [3.05, 3.63) is 23.3 Å². The van der Waals surface area contributed by atoms with E-state index >= 15 is 0 Å². The zero-order valence-electron chi connectivity index (χ0n) is 14.8. The lowest BCUT2D eigenvalue weighted by atomic mass is 9.46. The summed E-state index contributed by atoms with van der Waals surface area (Å²) in [4.78, 5) is 23.1. The number of fused-ring (bicyclic) bond motifs is 1. The molecule has 0 radical (unpaired) electrons. The third-order valence-electron chi connectivity index (χ3n) is 6.46. The molecular weight excluding hydrogens is 288 g/mol. The standard InChI is InChI=1S/C20H30O3/c1-14(2)6-5-10-19(3)11-9-18(23)20(4)16(13-22)15(12-21)7-8-17(19)20/h6-7,12-13,16-18,23H,5,8-11H2,1-4H3. The van der Waals surface area contributed by atoms with Gasteiger partial charge in [0, 0.05) is 5.41 Å². The van der Waals surface area contributed by atoms with Crippen LogP contribution in [0.2, 0.25) is 0 Å². The SMILES string of the molecule is CC(C)=CCCC1(C)CCC(O)C2(C)C(C=O)C(C=O)=CCC12. The molecule has 2 rings (SSSR count). The van der Waals surface area contributed by atoms with Crippen LogP contribution in [0.3, 0.4) is 0 Å². The van der Waals surface area contributed by atoms with E-state index in [1.165, 1.54) is 5.57 Å². The second-order valence-corrected chi connectivity index (χ2v) is 8.12. The number of carbonyl (C=O) groups excluding carboxylic acids is 2. The Kier molecular flexibility index (Phi) is 5.30. The number of allylic oxidation sites excluding steroid dienone is 4. The number of aliphatic hydroxyl groups excluding tert-OH is 1. The van der Waals surface area contributed by atoms with Gasteiger partial charge in [-0.25, -0.2) is 0 Å². The number of aldehydes is 2. The van der Waals surface area contributed by atoms with Gasteiger partial charge < -0.3 is 9.90 Å². The van der Waals surface area contributed by atoms with Gasteiger partial charge in [0.15, 0.2) is 0 Å². The molecule has 5 atom stereocenters. The van der Waals surface area contributed by atoms with E-state index in [1.807, 2.05) is 13.0 Å². The molecule has 0 aromatic heterocycles. The molecule has 0 aromatic rings. The Morgan fingerprint density at radius 3 is 2.61 bits per heavy atom. The number of hydrogen-bond acceptors (Lipinski definition) is 3. The van der Waals surface area contributed by atoms with Gasteiger partial charge in [0.2, 0.25) is 0 Å². The smallest absolute Gasteiger partial charge is 0.146 e. The summed E-state index contributed by atoms with van der Waals surface area (Å²) >= 11 is 0. The van der Waals surface area contributed by atoms with Crippen molar-refractivity contribution in [3.63, 3.8) is 0 Å². The van der Waals surface area contributed by atoms with Crippen LogP contribution in [0, 0.1) is 22.7 Å². The highest BCUT2D eigenvalue weighted by Crippen LogP contribution is 2.60. The van der Waals surface area contributed by atoms with E-state index in [4.69, 9.17) is 0 Å². The summed E-state index contributed by atoms with van der Waals surface area (Å²) in [6, 6.07) is 0. The van der Waals surface area contributed by atoms with Crippen LogP contribution in [-0.2, 0) is 9.59 Å². The molecule has 0 spiro atoms. The van der Waals surface area contributed by atoms with E-state index in [9.17, 15) is 14.7 Å². The molecule has 0 aromatic carbocycles. The van der Waals surface area contributed by atoms with Gasteiger partial charge in [0.05, 0.1) is 12.0 Å². The lowest BCUT2D eigenvalue weighted by Gasteiger charge is -2.58. The summed E-state index contributed by atoms with van der Waals surface area (Å²) in [5, 5.41) is 10.7. The molecule has 23 heavy (non-hydrogen) atoms. The minimum absolute atomic E-state index is 0.0894. The Bertz CT molecular complexity index is 529. The normalized spacial score (nSPS) is 39.9. The van der Waals surface area contributed by atoms with E-state index in [0.29, 0.717) is 12.0 Å². The average Bonchev–Trinajstić information content (AvgIpc) is 2.50. The van der Waals surface area contributed by atoms with Gasteiger partial charge in [-0.15, -0.1) is 0 Å². The highest BCUT2D eigenvalue weighted by Gasteiger charge is 2.58. The topological polar surface area (TPSA) is 54.4 Å². The van der Waals surface area contributed by atoms with Gasteiger partial charge in [0.25, 0.3) is 0 Å². The largest absolute Gasteiger partial charge is 0.393 e. The zero-order valence-corrected chi connectivity index (χ0v) is 14.8. The monoisotopic (exact) mass is 318 g/mol. The zero-order chi connectivity index (χ0) is 17.3. The van der Waals surface area contributed by atoms with Crippen LogP contribution in [-0.4, -0.2) is 23.8 Å². The third-order valence-corrected chi connectivity index (χ3v) is 6.46. The van der Waals surface area contributed by atoms with E-state index in [0.717, 1.165) is 38.3 Å². The first-order valence-electron chi connectivity index (χ1n) is 8.71. The maximum atomic E-state index is 11.7. The fraction of sp³-hybridized carbons (Fsp3) is 0.700. The molecule has 0 bridgehead atoms. The minimum atomic E-state index is -0.537. The van der Waals surface area contributed by atoms with Crippen molar-refractivity contribution < 1.29 is 14.7 Å². The molecule has 3 heteroatoms. The van der Waals surface area contributed by atoms with Crippen LogP contribution >= 0.6 is 0 Å². The molecule has 0 amide bonds. The number of aliphatic hydroxyl groups is 1. The predicted octanol–water partition coefficient (Wildman–Crippen LogP) is 3.86. The van der Waals surface area contributed by atoms with Crippen molar-refractivity contribution in [3.8, 4) is 0 Å². The molecule has 0 aliphatic heterocycles. The van der Waals surface area contributed by atoms with Crippen molar-refractivity contribution >= 4 is 12.6 Å². The second kappa shape index (κ2) is 6.72. The fourth-order valence-electron chi connectivity index (χ4n) is 4.97. The number of carbonyl (C=O) groups is 2. The van der Waals surface area contributed by atoms with Crippen LogP contribution in [0.5, 0.6) is 0 Å². The quantitative estimate of drug-likeness (QED) is 0.618. The van der Waals surface area contributed by atoms with Crippen LogP contribution < -0.4 is 0 Å². The van der Waals surface area contributed by atoms with Gasteiger partial charge in [-0.05, 0) is 62.9 Å². The first-order chi connectivity index (χ1) is 10.8. The molecule has 1 saturated carbocycles. The summed E-state index contributed by atoms with van der Waals surface area (Å²) in [5.41, 5.74) is 1.42. The van der Waals surface area contributed by atoms with Crippen LogP contribution in [0.1, 0.15) is 59.8 Å². The molecule has 1 N–H and O–H groups in total. The third kappa shape index (κ3) is 3.08. The maximum absolute atomic E-state index is 11.7. The van der Waals surface area contributed by atoms with Gasteiger partial charge in [-0.1, -0.05) is 31.6 Å². The highest BCUT2D eigenvalue weighted by atomic mass is 16.3. The van der Waals surface area contributed by atoms with Gasteiger partial charge in [-0.3, -0.25) is 4.79 Å². The summed E-state index contributed by atoms with van der Waals surface area (Å²) < 4.78 is 0. The van der Waals surface area contributed by atoms with Crippen molar-refractivity contribution in [2.45, 2.75) is 65.9 Å². The minimum Gasteiger partial charge on any atom is -0.393 e. The molecule has 2 aliphatic rings. The Morgan fingerprint density at radius 2 is 2.04 bits per heavy atom. The van der Waals surface area contributed by atoms with Crippen molar-refractivity contribution in [1.82, 2.24) is 0 Å². The van der Waals surface area contributed by atoms with Gasteiger partial charge in [0.1, 0.15) is 12.6 Å². The Labute approximate surface area is 139 Å². The van der Waals surface area contributed by atoms with E-state index in [2.05, 4.69) is 26.8 Å². The number of rotatable bonds is 5.